The summed E-state index contributed by atoms with van der Waals surface area (Å²) >= 11 is 0. The fraction of sp³-hybridized carbons (Fsp3) is 0.250. The van der Waals surface area contributed by atoms with E-state index in [0.29, 0.717) is 5.56 Å². The van der Waals surface area contributed by atoms with Crippen LogP contribution >= 0.6 is 0 Å². The van der Waals surface area contributed by atoms with Crippen molar-refractivity contribution in [3.63, 3.8) is 0 Å². The number of carboxylic acid groups (broad SMARTS) is 1. The predicted octanol–water partition coefficient (Wildman–Crippen LogP) is 2.07. The number of rotatable bonds is 9. The van der Waals surface area contributed by atoms with E-state index >= 15 is 0 Å². The Balaban J connectivity index is 1.97. The summed E-state index contributed by atoms with van der Waals surface area (Å²) in [7, 11) is 0. The molecular weight excluding hydrogens is 352 g/mol. The van der Waals surface area contributed by atoms with E-state index in [1.54, 1.807) is 60.7 Å². The van der Waals surface area contributed by atoms with Gasteiger partial charge in [-0.25, -0.2) is 4.79 Å². The molecule has 0 radical (unpaired) electrons. The highest BCUT2D eigenvalue weighted by Gasteiger charge is 2.43. The molecule has 0 spiro atoms. The summed E-state index contributed by atoms with van der Waals surface area (Å²) in [5.74, 6) is -3.53. The lowest BCUT2D eigenvalue weighted by Crippen LogP contribution is -2.44. The van der Waals surface area contributed by atoms with Crippen LogP contribution in [0.4, 0.5) is 0 Å². The average molecular weight is 372 g/mol. The third kappa shape index (κ3) is 6.56. The van der Waals surface area contributed by atoms with Crippen molar-refractivity contribution in [2.45, 2.75) is 31.7 Å². The Morgan fingerprint density at radius 1 is 0.778 bits per heavy atom. The van der Waals surface area contributed by atoms with Crippen molar-refractivity contribution in [2.24, 2.45) is 0 Å². The average Bonchev–Trinajstić information content (AvgIpc) is 2.65. The van der Waals surface area contributed by atoms with Crippen LogP contribution in [0.25, 0.3) is 0 Å². The summed E-state index contributed by atoms with van der Waals surface area (Å²) in [5, 5.41) is 19.4. The van der Waals surface area contributed by atoms with E-state index in [2.05, 4.69) is 0 Å². The Morgan fingerprint density at radius 2 is 1.26 bits per heavy atom. The SMILES string of the molecule is O=C(O)CC(O)(CC(=O)OCc1ccccc1)C(=O)OCc1ccccc1. The minimum absolute atomic E-state index is 0.0537. The van der Waals surface area contributed by atoms with E-state index in [-0.39, 0.29) is 13.2 Å². The number of aliphatic hydroxyl groups is 1. The molecular formula is C20H20O7. The van der Waals surface area contributed by atoms with Crippen molar-refractivity contribution in [3.8, 4) is 0 Å². The van der Waals surface area contributed by atoms with Gasteiger partial charge in [0.1, 0.15) is 13.2 Å². The molecule has 0 bridgehead atoms. The van der Waals surface area contributed by atoms with E-state index in [1.165, 1.54) is 0 Å². The molecule has 2 aromatic rings. The normalized spacial score (nSPS) is 12.6. The Kier molecular flexibility index (Phi) is 7.08. The van der Waals surface area contributed by atoms with Gasteiger partial charge < -0.3 is 19.7 Å². The van der Waals surface area contributed by atoms with Gasteiger partial charge in [-0.05, 0) is 11.1 Å². The van der Waals surface area contributed by atoms with Gasteiger partial charge >= 0.3 is 17.9 Å². The minimum Gasteiger partial charge on any atom is -0.481 e. The zero-order valence-corrected chi connectivity index (χ0v) is 14.5. The van der Waals surface area contributed by atoms with Crippen LogP contribution in [0.1, 0.15) is 24.0 Å². The van der Waals surface area contributed by atoms with E-state index in [1.807, 2.05) is 0 Å². The van der Waals surface area contributed by atoms with Gasteiger partial charge in [0.2, 0.25) is 0 Å². The third-order valence-corrected chi connectivity index (χ3v) is 3.72. The number of aliphatic carboxylic acids is 1. The van der Waals surface area contributed by atoms with Crippen LogP contribution in [0, 0.1) is 0 Å². The van der Waals surface area contributed by atoms with Crippen molar-refractivity contribution in [3.05, 3.63) is 71.8 Å². The molecule has 0 aliphatic heterocycles. The molecule has 1 unspecified atom stereocenters. The number of carboxylic acids is 1. The second-order valence-corrected chi connectivity index (χ2v) is 5.99. The number of ether oxygens (including phenoxy) is 2. The van der Waals surface area contributed by atoms with Crippen LogP contribution in [0.2, 0.25) is 0 Å². The second-order valence-electron chi connectivity index (χ2n) is 5.99. The highest BCUT2D eigenvalue weighted by molar-refractivity contribution is 5.89. The molecule has 27 heavy (non-hydrogen) atoms. The lowest BCUT2D eigenvalue weighted by atomic mass is 9.95. The largest absolute Gasteiger partial charge is 0.481 e. The Hall–Kier alpha value is -3.19. The standard InChI is InChI=1S/C20H20O7/c21-17(22)11-20(25,19(24)27-14-16-9-5-2-6-10-16)12-18(23)26-13-15-7-3-1-4-8-15/h1-10,25H,11-14H2,(H,21,22). The highest BCUT2D eigenvalue weighted by atomic mass is 16.6. The summed E-state index contributed by atoms with van der Waals surface area (Å²) in [4.78, 5) is 35.3. The molecule has 2 aromatic carbocycles. The number of hydrogen-bond acceptors (Lipinski definition) is 6. The van der Waals surface area contributed by atoms with Crippen molar-refractivity contribution >= 4 is 17.9 Å². The molecule has 0 aromatic heterocycles. The van der Waals surface area contributed by atoms with Gasteiger partial charge in [-0.1, -0.05) is 60.7 Å². The second kappa shape index (κ2) is 9.49. The topological polar surface area (TPSA) is 110 Å². The van der Waals surface area contributed by atoms with E-state index < -0.39 is 36.4 Å². The van der Waals surface area contributed by atoms with Crippen LogP contribution in [0.5, 0.6) is 0 Å². The molecule has 7 heteroatoms. The maximum absolute atomic E-state index is 12.2. The number of benzene rings is 2. The fourth-order valence-electron chi connectivity index (χ4n) is 2.34. The first-order valence-electron chi connectivity index (χ1n) is 8.24. The zero-order valence-electron chi connectivity index (χ0n) is 14.5. The molecule has 0 saturated heterocycles. The molecule has 7 nitrogen and oxygen atoms in total. The smallest absolute Gasteiger partial charge is 0.339 e. The van der Waals surface area contributed by atoms with Gasteiger partial charge in [0.15, 0.2) is 5.60 Å². The van der Waals surface area contributed by atoms with Crippen molar-refractivity contribution in [1.29, 1.82) is 0 Å². The van der Waals surface area contributed by atoms with Gasteiger partial charge in [-0.2, -0.15) is 0 Å². The summed E-state index contributed by atoms with van der Waals surface area (Å²) in [6.07, 6.45) is -1.79. The molecule has 0 fully saturated rings. The van der Waals surface area contributed by atoms with Crippen molar-refractivity contribution in [1.82, 2.24) is 0 Å². The zero-order chi connectivity index (χ0) is 19.7. The predicted molar refractivity (Wildman–Crippen MR) is 94.3 cm³/mol. The summed E-state index contributed by atoms with van der Waals surface area (Å²) < 4.78 is 10.0. The Bertz CT molecular complexity index is 773. The summed E-state index contributed by atoms with van der Waals surface area (Å²) in [5.41, 5.74) is -1.12. The summed E-state index contributed by atoms with van der Waals surface area (Å²) in [6, 6.07) is 17.5. The Morgan fingerprint density at radius 3 is 1.74 bits per heavy atom. The molecule has 0 heterocycles. The van der Waals surface area contributed by atoms with Crippen molar-refractivity contribution < 1.29 is 34.1 Å². The molecule has 2 N–H and O–H groups in total. The van der Waals surface area contributed by atoms with Crippen LogP contribution in [-0.2, 0) is 37.1 Å². The first kappa shape index (κ1) is 20.1. The van der Waals surface area contributed by atoms with Crippen LogP contribution in [0.3, 0.4) is 0 Å². The number of carbonyl (C=O) groups excluding carboxylic acids is 2. The first-order chi connectivity index (χ1) is 12.9. The summed E-state index contributed by atoms with van der Waals surface area (Å²) in [6.45, 7) is -0.206. The van der Waals surface area contributed by atoms with Gasteiger partial charge in [-0.3, -0.25) is 9.59 Å². The molecule has 2 rings (SSSR count). The lowest BCUT2D eigenvalue weighted by Gasteiger charge is -2.23. The molecule has 0 amide bonds. The fourth-order valence-corrected chi connectivity index (χ4v) is 2.34. The van der Waals surface area contributed by atoms with E-state index in [9.17, 15) is 19.5 Å². The van der Waals surface area contributed by atoms with Crippen molar-refractivity contribution in [2.75, 3.05) is 0 Å². The highest BCUT2D eigenvalue weighted by Crippen LogP contribution is 2.20. The van der Waals surface area contributed by atoms with Crippen LogP contribution in [-0.4, -0.2) is 33.7 Å². The molecule has 0 aliphatic carbocycles. The van der Waals surface area contributed by atoms with E-state index in [0.717, 1.165) is 5.56 Å². The maximum Gasteiger partial charge on any atom is 0.339 e. The van der Waals surface area contributed by atoms with E-state index in [4.69, 9.17) is 14.6 Å². The van der Waals surface area contributed by atoms with Gasteiger partial charge in [-0.15, -0.1) is 0 Å². The minimum atomic E-state index is -2.51. The van der Waals surface area contributed by atoms with Gasteiger partial charge in [0.25, 0.3) is 0 Å². The van der Waals surface area contributed by atoms with Crippen LogP contribution in [0.15, 0.2) is 60.7 Å². The molecule has 0 saturated carbocycles. The number of hydrogen-bond donors (Lipinski definition) is 2. The van der Waals surface area contributed by atoms with Gasteiger partial charge in [0, 0.05) is 0 Å². The Labute approximate surface area is 156 Å². The first-order valence-corrected chi connectivity index (χ1v) is 8.24. The third-order valence-electron chi connectivity index (χ3n) is 3.72. The molecule has 1 atom stereocenters. The number of esters is 2. The number of carbonyl (C=O) groups is 3. The molecule has 142 valence electrons. The molecule has 0 aliphatic rings. The maximum atomic E-state index is 12.2. The van der Waals surface area contributed by atoms with Crippen LogP contribution < -0.4 is 0 Å². The monoisotopic (exact) mass is 372 g/mol. The lowest BCUT2D eigenvalue weighted by molar-refractivity contribution is -0.178. The van der Waals surface area contributed by atoms with Gasteiger partial charge in [0.05, 0.1) is 12.8 Å². The quantitative estimate of drug-likeness (QED) is 0.648.